The van der Waals surface area contributed by atoms with Gasteiger partial charge in [-0.15, -0.1) is 0 Å². The van der Waals surface area contributed by atoms with Crippen LogP contribution >= 0.6 is 23.2 Å². The molecule has 0 bridgehead atoms. The van der Waals surface area contributed by atoms with Crippen LogP contribution in [-0.2, 0) is 0 Å². The van der Waals surface area contributed by atoms with Gasteiger partial charge in [0.1, 0.15) is 0 Å². The summed E-state index contributed by atoms with van der Waals surface area (Å²) in [6, 6.07) is 10.8. The summed E-state index contributed by atoms with van der Waals surface area (Å²) in [5.74, 6) is 0.357. The number of nitro groups is 1. The molecule has 6 heteroatoms. The van der Waals surface area contributed by atoms with Crippen LogP contribution in [0.2, 0.25) is 10.0 Å². The molecule has 0 aromatic heterocycles. The van der Waals surface area contributed by atoms with Crippen molar-refractivity contribution in [3.63, 3.8) is 0 Å². The lowest BCUT2D eigenvalue weighted by Crippen LogP contribution is -2.29. The highest BCUT2D eigenvalue weighted by atomic mass is 35.5. The van der Waals surface area contributed by atoms with E-state index in [2.05, 4.69) is 17.5 Å². The van der Waals surface area contributed by atoms with E-state index in [4.69, 9.17) is 23.2 Å². The number of fused-ring (bicyclic) bond motifs is 3. The minimum atomic E-state index is -0.403. The number of anilines is 1. The van der Waals surface area contributed by atoms with E-state index >= 15 is 0 Å². The van der Waals surface area contributed by atoms with E-state index in [-0.39, 0.29) is 23.6 Å². The van der Waals surface area contributed by atoms with Crippen molar-refractivity contribution in [2.24, 2.45) is 5.92 Å². The van der Waals surface area contributed by atoms with Crippen LogP contribution in [0.1, 0.15) is 29.5 Å². The highest BCUT2D eigenvalue weighted by Gasteiger charge is 2.40. The second-order valence-electron chi connectivity index (χ2n) is 6.15. The minimum absolute atomic E-state index is 0.0187. The van der Waals surface area contributed by atoms with E-state index in [0.29, 0.717) is 10.0 Å². The Kier molecular flexibility index (Phi) is 3.74. The van der Waals surface area contributed by atoms with Crippen molar-refractivity contribution >= 4 is 34.6 Å². The predicted octanol–water partition coefficient (Wildman–Crippen LogP) is 5.73. The number of non-ortho nitro benzene ring substituents is 1. The Morgan fingerprint density at radius 1 is 1.12 bits per heavy atom. The maximum atomic E-state index is 11.2. The molecule has 2 aliphatic rings. The predicted molar refractivity (Wildman–Crippen MR) is 95.9 cm³/mol. The number of hydrogen-bond donors (Lipinski definition) is 1. The zero-order chi connectivity index (χ0) is 16.8. The molecule has 1 aliphatic carbocycles. The summed E-state index contributed by atoms with van der Waals surface area (Å²) >= 11 is 12.7. The first kappa shape index (κ1) is 15.5. The van der Waals surface area contributed by atoms with Gasteiger partial charge in [0.05, 0.1) is 21.7 Å². The summed E-state index contributed by atoms with van der Waals surface area (Å²) in [5, 5.41) is 15.7. The third-order valence-electron chi connectivity index (χ3n) is 4.86. The summed E-state index contributed by atoms with van der Waals surface area (Å²) in [4.78, 5) is 10.7. The quantitative estimate of drug-likeness (QED) is 0.422. The molecule has 24 heavy (non-hydrogen) atoms. The Morgan fingerprint density at radius 2 is 1.92 bits per heavy atom. The number of allylic oxidation sites excluding steroid dienone is 2. The molecular weight excluding hydrogens is 347 g/mol. The van der Waals surface area contributed by atoms with E-state index < -0.39 is 4.92 Å². The fraction of sp³-hybridized carbons (Fsp3) is 0.222. The van der Waals surface area contributed by atoms with Gasteiger partial charge in [-0.05, 0) is 29.5 Å². The van der Waals surface area contributed by atoms with E-state index in [9.17, 15) is 10.1 Å². The summed E-state index contributed by atoms with van der Waals surface area (Å²) < 4.78 is 0. The second kappa shape index (κ2) is 5.80. The standard InChI is InChI=1S/C18H14Cl2N2O2/c19-15-7-2-1-4-13(15)17-12-6-3-5-11(12)14-8-10(22(23)24)9-16(20)18(14)21-17/h1-5,7-9,11-12,17,21H,6H2/t11-,12+,17-/m1/s1. The third-order valence-corrected chi connectivity index (χ3v) is 5.50. The van der Waals surface area contributed by atoms with E-state index in [1.54, 1.807) is 6.07 Å². The van der Waals surface area contributed by atoms with Crippen LogP contribution in [0.5, 0.6) is 0 Å². The highest BCUT2D eigenvalue weighted by Crippen LogP contribution is 2.53. The van der Waals surface area contributed by atoms with Crippen LogP contribution in [-0.4, -0.2) is 4.92 Å². The van der Waals surface area contributed by atoms with Crippen molar-refractivity contribution in [1.82, 2.24) is 0 Å². The number of nitrogens with zero attached hydrogens (tertiary/aromatic N) is 1. The van der Waals surface area contributed by atoms with Crippen LogP contribution < -0.4 is 5.32 Å². The normalized spacial score (nSPS) is 24.2. The van der Waals surface area contributed by atoms with Crippen LogP contribution in [0.4, 0.5) is 11.4 Å². The summed E-state index contributed by atoms with van der Waals surface area (Å²) in [7, 11) is 0. The number of hydrogen-bond acceptors (Lipinski definition) is 3. The molecule has 4 nitrogen and oxygen atoms in total. The second-order valence-corrected chi connectivity index (χ2v) is 6.96. The number of halogens is 2. The number of benzene rings is 2. The molecule has 3 atom stereocenters. The first-order valence-electron chi connectivity index (χ1n) is 7.71. The van der Waals surface area contributed by atoms with Crippen molar-refractivity contribution in [2.75, 3.05) is 5.32 Å². The fourth-order valence-corrected chi connectivity index (χ4v) is 4.31. The summed E-state index contributed by atoms with van der Waals surface area (Å²) in [6.07, 6.45) is 5.14. The molecule has 2 aromatic carbocycles. The molecule has 0 amide bonds. The Hall–Kier alpha value is -2.04. The van der Waals surface area contributed by atoms with Gasteiger partial charge in [0, 0.05) is 23.1 Å². The average Bonchev–Trinajstić information content (AvgIpc) is 3.05. The van der Waals surface area contributed by atoms with E-state index in [0.717, 1.165) is 23.2 Å². The average molecular weight is 361 g/mol. The monoisotopic (exact) mass is 360 g/mol. The van der Waals surface area contributed by atoms with Crippen LogP contribution in [0, 0.1) is 16.0 Å². The SMILES string of the molecule is O=[N+]([O-])c1cc(Cl)c2c(c1)[C@@H]1C=CC[C@@H]1[C@H](c1ccccc1Cl)N2. The molecule has 2 aromatic rings. The van der Waals surface area contributed by atoms with Crippen LogP contribution in [0.15, 0.2) is 48.6 Å². The first-order valence-corrected chi connectivity index (χ1v) is 8.47. The van der Waals surface area contributed by atoms with Crippen LogP contribution in [0.25, 0.3) is 0 Å². The molecule has 0 saturated heterocycles. The zero-order valence-corrected chi connectivity index (χ0v) is 14.1. The molecule has 1 N–H and O–H groups in total. The molecule has 0 fully saturated rings. The molecule has 0 saturated carbocycles. The largest absolute Gasteiger partial charge is 0.376 e. The lowest BCUT2D eigenvalue weighted by molar-refractivity contribution is -0.384. The molecule has 1 heterocycles. The zero-order valence-electron chi connectivity index (χ0n) is 12.6. The van der Waals surface area contributed by atoms with E-state index in [1.807, 2.05) is 24.3 Å². The van der Waals surface area contributed by atoms with Gasteiger partial charge in [0.15, 0.2) is 0 Å². The van der Waals surface area contributed by atoms with Gasteiger partial charge in [-0.3, -0.25) is 10.1 Å². The summed E-state index contributed by atoms with van der Waals surface area (Å²) in [6.45, 7) is 0. The topological polar surface area (TPSA) is 55.2 Å². The van der Waals surface area contributed by atoms with Crippen molar-refractivity contribution in [3.05, 3.63) is 79.8 Å². The van der Waals surface area contributed by atoms with Crippen molar-refractivity contribution in [2.45, 2.75) is 18.4 Å². The maximum absolute atomic E-state index is 11.2. The van der Waals surface area contributed by atoms with Crippen LogP contribution in [0.3, 0.4) is 0 Å². The fourth-order valence-electron chi connectivity index (χ4n) is 3.78. The van der Waals surface area contributed by atoms with Crippen molar-refractivity contribution in [3.8, 4) is 0 Å². The molecule has 0 spiro atoms. The number of nitrogens with one attached hydrogen (secondary N) is 1. The van der Waals surface area contributed by atoms with Crippen molar-refractivity contribution in [1.29, 1.82) is 0 Å². The molecule has 0 unspecified atom stereocenters. The molecule has 4 rings (SSSR count). The lowest BCUT2D eigenvalue weighted by Gasteiger charge is -2.38. The number of nitro benzene ring substituents is 1. The maximum Gasteiger partial charge on any atom is 0.271 e. The highest BCUT2D eigenvalue weighted by molar-refractivity contribution is 6.34. The molecule has 1 aliphatic heterocycles. The number of rotatable bonds is 2. The van der Waals surface area contributed by atoms with Gasteiger partial charge >= 0.3 is 0 Å². The molecule has 0 radical (unpaired) electrons. The smallest absolute Gasteiger partial charge is 0.271 e. The van der Waals surface area contributed by atoms with E-state index in [1.165, 1.54) is 6.07 Å². The lowest BCUT2D eigenvalue weighted by atomic mass is 9.77. The molecular formula is C18H14Cl2N2O2. The Balaban J connectivity index is 1.85. The van der Waals surface area contributed by atoms with Gasteiger partial charge in [-0.2, -0.15) is 0 Å². The Morgan fingerprint density at radius 3 is 2.67 bits per heavy atom. The van der Waals surface area contributed by atoms with Crippen molar-refractivity contribution < 1.29 is 4.92 Å². The van der Waals surface area contributed by atoms with Gasteiger partial charge < -0.3 is 5.32 Å². The van der Waals surface area contributed by atoms with Gasteiger partial charge in [-0.1, -0.05) is 53.6 Å². The van der Waals surface area contributed by atoms with Gasteiger partial charge in [0.2, 0.25) is 0 Å². The molecule has 122 valence electrons. The Labute approximate surface area is 149 Å². The van der Waals surface area contributed by atoms with Gasteiger partial charge in [0.25, 0.3) is 5.69 Å². The summed E-state index contributed by atoms with van der Waals surface area (Å²) in [5.41, 5.74) is 2.70. The minimum Gasteiger partial charge on any atom is -0.376 e. The first-order chi connectivity index (χ1) is 11.6. The Bertz CT molecular complexity index is 866. The van der Waals surface area contributed by atoms with Gasteiger partial charge in [-0.25, -0.2) is 0 Å². The third kappa shape index (κ3) is 2.38.